The Hall–Kier alpha value is -1.93. The number of amides is 1. The quantitative estimate of drug-likeness (QED) is 0.275. The number of rotatable bonds is 10. The van der Waals surface area contributed by atoms with Crippen molar-refractivity contribution in [2.75, 3.05) is 0 Å². The van der Waals surface area contributed by atoms with Gasteiger partial charge in [0.25, 0.3) is 0 Å². The molecule has 4 unspecified atom stereocenters. The van der Waals surface area contributed by atoms with Crippen LogP contribution in [0.25, 0.3) is 0 Å². The summed E-state index contributed by atoms with van der Waals surface area (Å²) < 4.78 is 21.7. The molecule has 1 heterocycles. The Kier molecular flexibility index (Phi) is 11.7. The molecule has 1 saturated carbocycles. The van der Waals surface area contributed by atoms with Crippen LogP contribution in [0, 0.1) is 5.92 Å². The summed E-state index contributed by atoms with van der Waals surface area (Å²) in [5.41, 5.74) is 10.6. The zero-order valence-corrected chi connectivity index (χ0v) is 18.1. The lowest BCUT2D eigenvalue weighted by Gasteiger charge is -2.23. The van der Waals surface area contributed by atoms with Gasteiger partial charge in [-0.05, 0) is 19.3 Å². The lowest BCUT2D eigenvalue weighted by Crippen LogP contribution is -2.48. The monoisotopic (exact) mass is 448 g/mol. The number of nitrogens with zero attached hydrogens (tertiary/aromatic N) is 2. The van der Waals surface area contributed by atoms with Crippen molar-refractivity contribution in [3.8, 4) is 0 Å². The van der Waals surface area contributed by atoms with Crippen molar-refractivity contribution in [2.24, 2.45) is 17.4 Å². The van der Waals surface area contributed by atoms with Crippen molar-refractivity contribution in [2.45, 2.75) is 77.1 Å². The van der Waals surface area contributed by atoms with Crippen LogP contribution in [-0.2, 0) is 27.3 Å². The number of carbonyl (C=O) groups excluding carboxylic acids is 1. The van der Waals surface area contributed by atoms with Gasteiger partial charge in [-0.2, -0.15) is 4.98 Å². The van der Waals surface area contributed by atoms with Crippen LogP contribution in [0.3, 0.4) is 0 Å². The Bertz CT molecular complexity index is 690. The van der Waals surface area contributed by atoms with Crippen molar-refractivity contribution in [1.82, 2.24) is 19.6 Å². The molecule has 0 bridgehead atoms. The lowest BCUT2D eigenvalue weighted by molar-refractivity contribution is -0.141. The molecule has 13 heteroatoms. The highest BCUT2D eigenvalue weighted by Gasteiger charge is 2.25. The number of carboxylic acid groups (broad SMARTS) is 1. The maximum atomic E-state index is 11.8. The summed E-state index contributed by atoms with van der Waals surface area (Å²) in [6, 6.07) is -1.66. The average Bonchev–Trinajstić information content (AvgIpc) is 3.13. The van der Waals surface area contributed by atoms with Gasteiger partial charge in [0, 0.05) is 6.92 Å². The van der Waals surface area contributed by atoms with Crippen molar-refractivity contribution in [3.63, 3.8) is 0 Å². The molecule has 1 aromatic rings. The van der Waals surface area contributed by atoms with E-state index < -0.39 is 29.3 Å². The van der Waals surface area contributed by atoms with Crippen LogP contribution < -0.4 is 20.9 Å². The molecule has 172 valence electrons. The molecule has 0 saturated heterocycles. The van der Waals surface area contributed by atoms with Crippen LogP contribution in [0.2, 0.25) is 0 Å². The molecular weight excluding hydrogens is 416 g/mol. The van der Waals surface area contributed by atoms with Gasteiger partial charge >= 0.3 is 5.97 Å². The SMILES string of the molecule is CC(N)=O.CC(O)C(NS(=O)NCc1nc(C(N)CC2CCCCC2)no1)C(=O)O. The summed E-state index contributed by atoms with van der Waals surface area (Å²) in [7, 11) is 0. The van der Waals surface area contributed by atoms with E-state index in [0.717, 1.165) is 6.42 Å². The van der Waals surface area contributed by atoms with Gasteiger partial charge in [0.05, 0.1) is 18.7 Å². The van der Waals surface area contributed by atoms with E-state index in [2.05, 4.69) is 25.3 Å². The van der Waals surface area contributed by atoms with E-state index in [9.17, 15) is 18.9 Å². The van der Waals surface area contributed by atoms with Gasteiger partial charge < -0.3 is 26.2 Å². The standard InChI is InChI=1S/C15H27N5O5S.C2H5NO/c1-9(21)13(15(22)23)20-26(24)17-8-12-18-14(19-25-12)11(16)7-10-5-3-2-4-6-10;1-2(3)4/h9-11,13,17,20-21H,2-8,16H2,1H3,(H,22,23);1H3,(H2,3,4). The van der Waals surface area contributed by atoms with E-state index in [0.29, 0.717) is 11.7 Å². The van der Waals surface area contributed by atoms with Crippen LogP contribution in [0.15, 0.2) is 4.52 Å². The Labute approximate surface area is 177 Å². The summed E-state index contributed by atoms with van der Waals surface area (Å²) in [5, 5.41) is 22.2. The average molecular weight is 449 g/mol. The number of primary amides is 1. The third-order valence-corrected chi connectivity index (χ3v) is 5.34. The van der Waals surface area contributed by atoms with Crippen molar-refractivity contribution in [3.05, 3.63) is 11.7 Å². The number of hydrogen-bond donors (Lipinski definition) is 6. The minimum atomic E-state index is -1.90. The first kappa shape index (κ1) is 26.1. The predicted octanol–water partition coefficient (Wildman–Crippen LogP) is -0.377. The van der Waals surface area contributed by atoms with E-state index in [1.807, 2.05) is 0 Å². The predicted molar refractivity (Wildman–Crippen MR) is 109 cm³/mol. The second-order valence-electron chi connectivity index (χ2n) is 7.27. The summed E-state index contributed by atoms with van der Waals surface area (Å²) in [4.78, 5) is 24.4. The van der Waals surface area contributed by atoms with Crippen LogP contribution in [0.4, 0.5) is 0 Å². The number of hydrogen-bond acceptors (Lipinski definition) is 8. The molecule has 0 spiro atoms. The highest BCUT2D eigenvalue weighted by Crippen LogP contribution is 2.30. The Morgan fingerprint density at radius 2 is 1.93 bits per heavy atom. The first-order valence-electron chi connectivity index (χ1n) is 9.76. The number of aromatic nitrogens is 2. The van der Waals surface area contributed by atoms with Crippen LogP contribution in [0.5, 0.6) is 0 Å². The van der Waals surface area contributed by atoms with E-state index >= 15 is 0 Å². The highest BCUT2D eigenvalue weighted by atomic mass is 32.2. The fourth-order valence-corrected chi connectivity index (χ4v) is 3.88. The first-order valence-corrected chi connectivity index (χ1v) is 10.9. The van der Waals surface area contributed by atoms with Gasteiger partial charge in [0.1, 0.15) is 6.04 Å². The summed E-state index contributed by atoms with van der Waals surface area (Å²) in [6.45, 7) is 2.58. The fourth-order valence-electron chi connectivity index (χ4n) is 3.02. The molecular formula is C17H32N6O6S. The molecule has 1 aliphatic carbocycles. The molecule has 2 rings (SSSR count). The number of nitrogens with two attached hydrogens (primary N) is 2. The number of nitrogens with one attached hydrogen (secondary N) is 2. The number of carboxylic acids is 1. The Morgan fingerprint density at radius 3 is 2.47 bits per heavy atom. The maximum Gasteiger partial charge on any atom is 0.324 e. The zero-order chi connectivity index (χ0) is 22.7. The van der Waals surface area contributed by atoms with Gasteiger partial charge in [-0.3, -0.25) is 9.59 Å². The van der Waals surface area contributed by atoms with Crippen LogP contribution in [0.1, 0.15) is 70.1 Å². The number of aliphatic hydroxyl groups excluding tert-OH is 1. The maximum absolute atomic E-state index is 11.8. The topological polar surface area (TPSA) is 207 Å². The van der Waals surface area contributed by atoms with E-state index in [4.69, 9.17) is 15.4 Å². The minimum absolute atomic E-state index is 0.0189. The normalized spacial score (nSPS) is 18.5. The second kappa shape index (κ2) is 13.4. The smallest absolute Gasteiger partial charge is 0.324 e. The van der Waals surface area contributed by atoms with Gasteiger partial charge in [-0.1, -0.05) is 37.3 Å². The molecule has 0 aromatic carbocycles. The molecule has 30 heavy (non-hydrogen) atoms. The number of aliphatic carboxylic acids is 1. The van der Waals surface area contributed by atoms with Gasteiger partial charge in [-0.25, -0.2) is 13.7 Å². The molecule has 4 atom stereocenters. The van der Waals surface area contributed by atoms with Crippen LogP contribution in [-0.4, -0.2) is 48.6 Å². The Morgan fingerprint density at radius 1 is 1.33 bits per heavy atom. The van der Waals surface area contributed by atoms with Gasteiger partial charge in [0.15, 0.2) is 17.0 Å². The van der Waals surface area contributed by atoms with Crippen molar-refractivity contribution < 1.29 is 28.5 Å². The van der Waals surface area contributed by atoms with Crippen LogP contribution >= 0.6 is 0 Å². The number of aliphatic hydroxyl groups is 1. The Balaban J connectivity index is 0.00000103. The molecule has 12 nitrogen and oxygen atoms in total. The molecule has 1 aromatic heterocycles. The molecule has 1 amide bonds. The highest BCUT2D eigenvalue weighted by molar-refractivity contribution is 7.81. The minimum Gasteiger partial charge on any atom is -0.480 e. The van der Waals surface area contributed by atoms with Crippen molar-refractivity contribution in [1.29, 1.82) is 0 Å². The first-order chi connectivity index (χ1) is 14.1. The molecule has 1 fully saturated rings. The zero-order valence-electron chi connectivity index (χ0n) is 17.2. The summed E-state index contributed by atoms with van der Waals surface area (Å²) >= 11 is -1.90. The van der Waals surface area contributed by atoms with E-state index in [1.165, 1.54) is 46.0 Å². The molecule has 1 aliphatic rings. The van der Waals surface area contributed by atoms with E-state index in [1.54, 1.807) is 0 Å². The number of carbonyl (C=O) groups is 2. The second-order valence-corrected chi connectivity index (χ2v) is 8.33. The molecule has 0 radical (unpaired) electrons. The van der Waals surface area contributed by atoms with Crippen molar-refractivity contribution >= 4 is 23.0 Å². The van der Waals surface area contributed by atoms with Gasteiger partial charge in [0.2, 0.25) is 11.8 Å². The van der Waals surface area contributed by atoms with Gasteiger partial charge in [-0.15, -0.1) is 0 Å². The summed E-state index contributed by atoms with van der Waals surface area (Å²) in [6.07, 6.45) is 5.73. The summed E-state index contributed by atoms with van der Waals surface area (Å²) in [5.74, 6) is -0.426. The van der Waals surface area contributed by atoms with E-state index in [-0.39, 0.29) is 24.4 Å². The largest absolute Gasteiger partial charge is 0.480 e. The lowest BCUT2D eigenvalue weighted by atomic mass is 9.85. The molecule has 0 aliphatic heterocycles. The third-order valence-electron chi connectivity index (χ3n) is 4.46. The fraction of sp³-hybridized carbons (Fsp3) is 0.765. The molecule has 8 N–H and O–H groups in total. The third kappa shape index (κ3) is 10.2.